The fourth-order valence-electron chi connectivity index (χ4n) is 1.66. The Morgan fingerprint density at radius 2 is 2.00 bits per heavy atom. The van der Waals surface area contributed by atoms with Gasteiger partial charge in [-0.1, -0.05) is 13.8 Å². The van der Waals surface area contributed by atoms with Crippen LogP contribution in [0.15, 0.2) is 6.07 Å². The number of aromatic nitrogens is 2. The molecule has 1 heterocycles. The van der Waals surface area contributed by atoms with Gasteiger partial charge in [0.15, 0.2) is 5.69 Å². The third-order valence-electron chi connectivity index (χ3n) is 2.46. The molecule has 0 spiro atoms. The first-order chi connectivity index (χ1) is 7.64. The molecule has 0 radical (unpaired) electrons. The maximum absolute atomic E-state index is 12.4. The van der Waals surface area contributed by atoms with Gasteiger partial charge in [0.25, 0.3) is 0 Å². The Hall–Kier alpha value is -1.53. The fraction of sp³-hybridized carbons (Fsp3) is 0.600. The topological polar surface area (TPSA) is 55.1 Å². The van der Waals surface area contributed by atoms with Crippen molar-refractivity contribution in [1.82, 2.24) is 9.78 Å². The lowest BCUT2D eigenvalue weighted by atomic mass is 9.92. The van der Waals surface area contributed by atoms with E-state index in [0.717, 1.165) is 10.7 Å². The van der Waals surface area contributed by atoms with Crippen molar-refractivity contribution in [3.63, 3.8) is 0 Å². The van der Waals surface area contributed by atoms with E-state index in [0.29, 0.717) is 0 Å². The molecule has 1 rings (SSSR count). The molecule has 0 aliphatic rings. The lowest BCUT2D eigenvalue weighted by Gasteiger charge is -2.15. The zero-order chi connectivity index (χ0) is 13.4. The van der Waals surface area contributed by atoms with Gasteiger partial charge in [0.2, 0.25) is 0 Å². The predicted molar refractivity (Wildman–Crippen MR) is 53.4 cm³/mol. The minimum absolute atomic E-state index is 0.0554. The summed E-state index contributed by atoms with van der Waals surface area (Å²) in [5.41, 5.74) is -1.01. The highest BCUT2D eigenvalue weighted by Crippen LogP contribution is 2.32. The van der Waals surface area contributed by atoms with E-state index in [-0.39, 0.29) is 11.6 Å². The molecule has 17 heavy (non-hydrogen) atoms. The van der Waals surface area contributed by atoms with Crippen molar-refractivity contribution in [2.75, 3.05) is 0 Å². The molecule has 96 valence electrons. The summed E-state index contributed by atoms with van der Waals surface area (Å²) < 4.78 is 38.2. The van der Waals surface area contributed by atoms with Crippen LogP contribution in [0.3, 0.4) is 0 Å². The predicted octanol–water partition coefficient (Wildman–Crippen LogP) is 2.26. The molecule has 1 unspecified atom stereocenters. The third kappa shape index (κ3) is 2.78. The molecule has 0 aliphatic heterocycles. The monoisotopic (exact) mass is 250 g/mol. The highest BCUT2D eigenvalue weighted by Gasteiger charge is 2.37. The van der Waals surface area contributed by atoms with Crippen LogP contribution in [0.5, 0.6) is 0 Å². The van der Waals surface area contributed by atoms with Crippen molar-refractivity contribution in [2.24, 2.45) is 13.0 Å². The van der Waals surface area contributed by atoms with E-state index in [4.69, 9.17) is 5.11 Å². The van der Waals surface area contributed by atoms with Gasteiger partial charge in [0, 0.05) is 7.05 Å². The van der Waals surface area contributed by atoms with Crippen LogP contribution in [-0.4, -0.2) is 20.9 Å². The highest BCUT2D eigenvalue weighted by atomic mass is 19.4. The van der Waals surface area contributed by atoms with Gasteiger partial charge in [0.05, 0.1) is 5.69 Å². The van der Waals surface area contributed by atoms with Crippen LogP contribution in [0.25, 0.3) is 0 Å². The molecule has 0 saturated heterocycles. The smallest absolute Gasteiger partial charge is 0.435 e. The molecule has 0 aromatic carbocycles. The van der Waals surface area contributed by atoms with E-state index in [1.807, 2.05) is 0 Å². The second-order valence-electron chi connectivity index (χ2n) is 4.14. The number of hydrogen-bond donors (Lipinski definition) is 1. The van der Waals surface area contributed by atoms with E-state index < -0.39 is 23.8 Å². The van der Waals surface area contributed by atoms with Crippen LogP contribution in [0.2, 0.25) is 0 Å². The molecule has 0 fully saturated rings. The summed E-state index contributed by atoms with van der Waals surface area (Å²) in [5.74, 6) is -2.47. The second-order valence-corrected chi connectivity index (χ2v) is 4.14. The van der Waals surface area contributed by atoms with Crippen molar-refractivity contribution >= 4 is 5.97 Å². The zero-order valence-electron chi connectivity index (χ0n) is 9.62. The van der Waals surface area contributed by atoms with Crippen LogP contribution in [0.1, 0.15) is 31.2 Å². The Balaban J connectivity index is 3.22. The Labute approximate surface area is 96.0 Å². The van der Waals surface area contributed by atoms with Crippen LogP contribution in [0, 0.1) is 5.92 Å². The first-order valence-electron chi connectivity index (χ1n) is 4.98. The van der Waals surface area contributed by atoms with Gasteiger partial charge in [-0.15, -0.1) is 0 Å². The van der Waals surface area contributed by atoms with Gasteiger partial charge in [-0.3, -0.25) is 9.48 Å². The molecule has 1 N–H and O–H groups in total. The molecule has 1 aromatic heterocycles. The zero-order valence-corrected chi connectivity index (χ0v) is 9.62. The first kappa shape index (κ1) is 13.5. The summed E-state index contributed by atoms with van der Waals surface area (Å²) in [7, 11) is 1.31. The van der Waals surface area contributed by atoms with Gasteiger partial charge in [0.1, 0.15) is 5.92 Å². The lowest BCUT2D eigenvalue weighted by molar-refractivity contribution is -0.142. The van der Waals surface area contributed by atoms with Crippen molar-refractivity contribution in [2.45, 2.75) is 25.9 Å². The summed E-state index contributed by atoms with van der Waals surface area (Å²) in [6.07, 6.45) is -4.56. The second kappa shape index (κ2) is 4.38. The van der Waals surface area contributed by atoms with Gasteiger partial charge in [-0.2, -0.15) is 18.3 Å². The SMILES string of the molecule is CC(C)C(C(=O)O)c1cc(C(F)(F)F)nn1C. The molecule has 7 heteroatoms. The molecule has 1 atom stereocenters. The first-order valence-corrected chi connectivity index (χ1v) is 4.98. The van der Waals surface area contributed by atoms with Crippen molar-refractivity contribution in [3.05, 3.63) is 17.5 Å². The molecular weight excluding hydrogens is 237 g/mol. The maximum Gasteiger partial charge on any atom is 0.435 e. The largest absolute Gasteiger partial charge is 0.481 e. The molecule has 0 saturated carbocycles. The van der Waals surface area contributed by atoms with Crippen molar-refractivity contribution < 1.29 is 23.1 Å². The summed E-state index contributed by atoms with van der Waals surface area (Å²) in [4.78, 5) is 11.0. The fourth-order valence-corrected chi connectivity index (χ4v) is 1.66. The molecular formula is C10H13F3N2O2. The Kier molecular flexibility index (Phi) is 3.49. The minimum atomic E-state index is -4.56. The summed E-state index contributed by atoms with van der Waals surface area (Å²) in [6, 6.07) is 0.790. The quantitative estimate of drug-likeness (QED) is 0.895. The third-order valence-corrected chi connectivity index (χ3v) is 2.46. The van der Waals surface area contributed by atoms with Crippen molar-refractivity contribution in [1.29, 1.82) is 0 Å². The number of carboxylic acids is 1. The van der Waals surface area contributed by atoms with Gasteiger partial charge in [-0.25, -0.2) is 0 Å². The number of alkyl halides is 3. The van der Waals surface area contributed by atoms with Crippen LogP contribution in [0.4, 0.5) is 13.2 Å². The van der Waals surface area contributed by atoms with Gasteiger partial charge >= 0.3 is 12.1 Å². The number of rotatable bonds is 3. The average molecular weight is 250 g/mol. The lowest BCUT2D eigenvalue weighted by Crippen LogP contribution is -2.20. The molecule has 0 bridgehead atoms. The maximum atomic E-state index is 12.4. The van der Waals surface area contributed by atoms with Crippen LogP contribution >= 0.6 is 0 Å². The number of aliphatic carboxylic acids is 1. The Bertz CT molecular complexity index is 424. The van der Waals surface area contributed by atoms with Crippen LogP contribution in [-0.2, 0) is 18.0 Å². The number of nitrogens with zero attached hydrogens (tertiary/aromatic N) is 2. The number of aryl methyl sites for hydroxylation is 1. The summed E-state index contributed by atoms with van der Waals surface area (Å²) >= 11 is 0. The van der Waals surface area contributed by atoms with Crippen molar-refractivity contribution in [3.8, 4) is 0 Å². The van der Waals surface area contributed by atoms with E-state index in [2.05, 4.69) is 5.10 Å². The highest BCUT2D eigenvalue weighted by molar-refractivity contribution is 5.75. The van der Waals surface area contributed by atoms with E-state index in [1.54, 1.807) is 13.8 Å². The summed E-state index contributed by atoms with van der Waals surface area (Å²) in [5, 5.41) is 12.3. The normalized spacial score (nSPS) is 14.1. The standard InChI is InChI=1S/C10H13F3N2O2/c1-5(2)8(9(16)17)6-4-7(10(11,12)13)14-15(6)3/h4-5,8H,1-3H3,(H,16,17). The molecule has 1 aromatic rings. The number of carbonyl (C=O) groups is 1. The van der Waals surface area contributed by atoms with Gasteiger partial charge in [-0.05, 0) is 12.0 Å². The van der Waals surface area contributed by atoms with E-state index in [1.165, 1.54) is 7.05 Å². The number of hydrogen-bond acceptors (Lipinski definition) is 2. The number of carboxylic acid groups (broad SMARTS) is 1. The van der Waals surface area contributed by atoms with E-state index >= 15 is 0 Å². The summed E-state index contributed by atoms with van der Waals surface area (Å²) in [6.45, 7) is 3.28. The van der Waals surface area contributed by atoms with Crippen LogP contribution < -0.4 is 0 Å². The minimum Gasteiger partial charge on any atom is -0.481 e. The molecule has 4 nitrogen and oxygen atoms in total. The molecule has 0 aliphatic carbocycles. The van der Waals surface area contributed by atoms with E-state index in [9.17, 15) is 18.0 Å². The Morgan fingerprint density at radius 3 is 2.29 bits per heavy atom. The Morgan fingerprint density at radius 1 is 1.47 bits per heavy atom. The molecule has 0 amide bonds. The average Bonchev–Trinajstić information content (AvgIpc) is 2.46. The number of halogens is 3. The van der Waals surface area contributed by atoms with Gasteiger partial charge < -0.3 is 5.11 Å².